The highest BCUT2D eigenvalue weighted by atomic mass is 16.5. The van der Waals surface area contributed by atoms with E-state index in [2.05, 4.69) is 20.5 Å². The van der Waals surface area contributed by atoms with Crippen LogP contribution in [0.4, 0.5) is 0 Å². The third kappa shape index (κ3) is 6.57. The van der Waals surface area contributed by atoms with E-state index >= 15 is 0 Å². The number of nitrogens with one attached hydrogen (secondary N) is 2. The Balaban J connectivity index is 1.55. The van der Waals surface area contributed by atoms with Crippen LogP contribution < -0.4 is 10.6 Å². The van der Waals surface area contributed by atoms with Crippen LogP contribution >= 0.6 is 0 Å². The molecule has 0 aromatic rings. The summed E-state index contributed by atoms with van der Waals surface area (Å²) in [5, 5.41) is 6.97. The lowest BCUT2D eigenvalue weighted by molar-refractivity contribution is 0.0372. The molecule has 2 N–H and O–H groups in total. The van der Waals surface area contributed by atoms with Crippen LogP contribution in [0.2, 0.25) is 0 Å². The lowest BCUT2D eigenvalue weighted by Gasteiger charge is -2.42. The van der Waals surface area contributed by atoms with Crippen molar-refractivity contribution in [3.63, 3.8) is 0 Å². The average Bonchev–Trinajstić information content (AvgIpc) is 2.59. The second-order valence-corrected chi connectivity index (χ2v) is 7.11. The standard InChI is InChI=1S/C18H36N4O2/c1-19-17(21-16-18(6-5-7-18)8-13-23-2)20-9-3-4-10-22-11-14-24-15-12-22/h3-16H2,1-2H3,(H2,19,20,21). The van der Waals surface area contributed by atoms with Gasteiger partial charge < -0.3 is 20.1 Å². The van der Waals surface area contributed by atoms with Gasteiger partial charge in [-0.2, -0.15) is 0 Å². The number of morpholine rings is 1. The fraction of sp³-hybridized carbons (Fsp3) is 0.944. The maximum atomic E-state index is 5.38. The molecule has 0 radical (unpaired) electrons. The number of unbranched alkanes of at least 4 members (excludes halogenated alkanes) is 1. The average molecular weight is 341 g/mol. The number of aliphatic imine (C=N–C) groups is 1. The van der Waals surface area contributed by atoms with E-state index in [0.29, 0.717) is 5.41 Å². The quantitative estimate of drug-likeness (QED) is 0.358. The summed E-state index contributed by atoms with van der Waals surface area (Å²) in [5.74, 6) is 0.935. The molecule has 6 heteroatoms. The zero-order valence-corrected chi connectivity index (χ0v) is 15.6. The molecule has 0 bridgehead atoms. The Bertz CT molecular complexity index is 366. The summed E-state index contributed by atoms with van der Waals surface area (Å²) >= 11 is 0. The first-order valence-electron chi connectivity index (χ1n) is 9.52. The van der Waals surface area contributed by atoms with Crippen molar-refractivity contribution in [2.24, 2.45) is 10.4 Å². The van der Waals surface area contributed by atoms with Crippen LogP contribution in [0.5, 0.6) is 0 Å². The third-order valence-electron chi connectivity index (χ3n) is 5.40. The first kappa shape index (κ1) is 19.5. The van der Waals surface area contributed by atoms with Gasteiger partial charge in [-0.1, -0.05) is 6.42 Å². The molecule has 1 heterocycles. The molecule has 2 aliphatic rings. The molecule has 0 spiro atoms. The van der Waals surface area contributed by atoms with Crippen LogP contribution in [0.3, 0.4) is 0 Å². The van der Waals surface area contributed by atoms with Crippen molar-refractivity contribution >= 4 is 5.96 Å². The molecule has 1 saturated heterocycles. The Morgan fingerprint density at radius 1 is 1.21 bits per heavy atom. The van der Waals surface area contributed by atoms with Gasteiger partial charge in [-0.05, 0) is 44.1 Å². The van der Waals surface area contributed by atoms with Crippen LogP contribution in [0, 0.1) is 5.41 Å². The fourth-order valence-electron chi connectivity index (χ4n) is 3.49. The number of methoxy groups -OCH3 is 1. The molecule has 140 valence electrons. The van der Waals surface area contributed by atoms with Crippen LogP contribution in [-0.2, 0) is 9.47 Å². The molecule has 6 nitrogen and oxygen atoms in total. The van der Waals surface area contributed by atoms with Crippen LogP contribution in [0.1, 0.15) is 38.5 Å². The molecule has 0 aromatic heterocycles. The summed E-state index contributed by atoms with van der Waals surface area (Å²) in [4.78, 5) is 6.85. The molecule has 0 aromatic carbocycles. The van der Waals surface area contributed by atoms with E-state index in [9.17, 15) is 0 Å². The van der Waals surface area contributed by atoms with Gasteiger partial charge in [0.1, 0.15) is 0 Å². The SMILES string of the molecule is CN=C(NCCCCN1CCOCC1)NCC1(CCOC)CCC1. The highest BCUT2D eigenvalue weighted by Gasteiger charge is 2.36. The first-order chi connectivity index (χ1) is 11.8. The Labute approximate surface area is 147 Å². The molecule has 1 saturated carbocycles. The van der Waals surface area contributed by atoms with Crippen molar-refractivity contribution in [2.45, 2.75) is 38.5 Å². The molecule has 2 fully saturated rings. The van der Waals surface area contributed by atoms with Gasteiger partial charge >= 0.3 is 0 Å². The number of hydrogen-bond acceptors (Lipinski definition) is 4. The van der Waals surface area contributed by atoms with Crippen LogP contribution in [0.25, 0.3) is 0 Å². The predicted molar refractivity (Wildman–Crippen MR) is 98.6 cm³/mol. The maximum absolute atomic E-state index is 5.38. The monoisotopic (exact) mass is 340 g/mol. The fourth-order valence-corrected chi connectivity index (χ4v) is 3.49. The number of guanidine groups is 1. The normalized spacial score (nSPS) is 21.3. The van der Waals surface area contributed by atoms with Gasteiger partial charge in [-0.15, -0.1) is 0 Å². The minimum atomic E-state index is 0.421. The number of ether oxygens (including phenoxy) is 2. The largest absolute Gasteiger partial charge is 0.385 e. The highest BCUT2D eigenvalue weighted by Crippen LogP contribution is 2.43. The van der Waals surface area contributed by atoms with Crippen molar-refractivity contribution in [3.8, 4) is 0 Å². The summed E-state index contributed by atoms with van der Waals surface area (Å²) < 4.78 is 10.6. The van der Waals surface area contributed by atoms with Gasteiger partial charge in [0.05, 0.1) is 13.2 Å². The van der Waals surface area contributed by atoms with Crippen molar-refractivity contribution in [1.29, 1.82) is 0 Å². The number of rotatable bonds is 10. The Morgan fingerprint density at radius 2 is 2.00 bits per heavy atom. The van der Waals surface area contributed by atoms with E-state index in [1.807, 2.05) is 7.05 Å². The molecular formula is C18H36N4O2. The van der Waals surface area contributed by atoms with E-state index in [0.717, 1.165) is 58.4 Å². The van der Waals surface area contributed by atoms with E-state index in [1.54, 1.807) is 7.11 Å². The second-order valence-electron chi connectivity index (χ2n) is 7.11. The van der Waals surface area contributed by atoms with Crippen molar-refractivity contribution in [1.82, 2.24) is 15.5 Å². The molecule has 24 heavy (non-hydrogen) atoms. The molecule has 0 atom stereocenters. The molecule has 2 rings (SSSR count). The van der Waals surface area contributed by atoms with Gasteiger partial charge in [0.25, 0.3) is 0 Å². The Kier molecular flexibility index (Phi) is 8.84. The molecular weight excluding hydrogens is 304 g/mol. The van der Waals surface area contributed by atoms with Crippen LogP contribution in [0.15, 0.2) is 4.99 Å². The smallest absolute Gasteiger partial charge is 0.190 e. The van der Waals surface area contributed by atoms with Gasteiger partial charge in [0.2, 0.25) is 0 Å². The zero-order chi connectivity index (χ0) is 17.1. The lowest BCUT2D eigenvalue weighted by Crippen LogP contribution is -2.47. The second kappa shape index (κ2) is 10.9. The number of hydrogen-bond donors (Lipinski definition) is 2. The van der Waals surface area contributed by atoms with Crippen molar-refractivity contribution in [3.05, 3.63) is 0 Å². The zero-order valence-electron chi connectivity index (χ0n) is 15.6. The van der Waals surface area contributed by atoms with Gasteiger partial charge in [-0.3, -0.25) is 9.89 Å². The summed E-state index contributed by atoms with van der Waals surface area (Å²) in [7, 11) is 3.64. The van der Waals surface area contributed by atoms with E-state index in [4.69, 9.17) is 9.47 Å². The van der Waals surface area contributed by atoms with E-state index in [1.165, 1.54) is 38.6 Å². The molecule has 0 amide bonds. The van der Waals surface area contributed by atoms with Gasteiger partial charge in [0, 0.05) is 46.9 Å². The molecule has 0 unspecified atom stereocenters. The number of nitrogens with zero attached hydrogens (tertiary/aromatic N) is 2. The molecule has 1 aliphatic heterocycles. The summed E-state index contributed by atoms with van der Waals surface area (Å²) in [6.07, 6.45) is 7.50. The van der Waals surface area contributed by atoms with E-state index < -0.39 is 0 Å². The van der Waals surface area contributed by atoms with E-state index in [-0.39, 0.29) is 0 Å². The molecule has 1 aliphatic carbocycles. The summed E-state index contributed by atoms with van der Waals surface area (Å²) in [5.41, 5.74) is 0.421. The summed E-state index contributed by atoms with van der Waals surface area (Å²) in [6.45, 7) is 7.96. The van der Waals surface area contributed by atoms with Gasteiger partial charge in [-0.25, -0.2) is 0 Å². The summed E-state index contributed by atoms with van der Waals surface area (Å²) in [6, 6.07) is 0. The Morgan fingerprint density at radius 3 is 2.62 bits per heavy atom. The predicted octanol–water partition coefficient (Wildman–Crippen LogP) is 1.47. The van der Waals surface area contributed by atoms with Gasteiger partial charge in [0.15, 0.2) is 5.96 Å². The maximum Gasteiger partial charge on any atom is 0.190 e. The van der Waals surface area contributed by atoms with Crippen molar-refractivity contribution in [2.75, 3.05) is 66.7 Å². The minimum absolute atomic E-state index is 0.421. The Hall–Kier alpha value is -0.850. The third-order valence-corrected chi connectivity index (χ3v) is 5.40. The minimum Gasteiger partial charge on any atom is -0.385 e. The topological polar surface area (TPSA) is 58.1 Å². The lowest BCUT2D eigenvalue weighted by atomic mass is 9.67. The first-order valence-corrected chi connectivity index (χ1v) is 9.52. The van der Waals surface area contributed by atoms with Crippen LogP contribution in [-0.4, -0.2) is 77.6 Å². The highest BCUT2D eigenvalue weighted by molar-refractivity contribution is 5.79. The van der Waals surface area contributed by atoms with Crippen molar-refractivity contribution < 1.29 is 9.47 Å².